The molecule has 18 heavy (non-hydrogen) atoms. The maximum atomic E-state index is 12.2. The average Bonchev–Trinajstić information content (AvgIpc) is 2.48. The molecular weight excluding hydrogens is 228 g/mol. The van der Waals surface area contributed by atoms with E-state index in [2.05, 4.69) is 4.90 Å². The van der Waals surface area contributed by atoms with Gasteiger partial charge in [-0.25, -0.2) is 0 Å². The largest absolute Gasteiger partial charge is 0.756 e. The van der Waals surface area contributed by atoms with Gasteiger partial charge in [0.15, 0.2) is 0 Å². The molecule has 1 aromatic rings. The van der Waals surface area contributed by atoms with E-state index in [0.29, 0.717) is 16.5 Å². The standard InChI is InChI=1S/C14H17N2O2/c17-14(12-4-2-1-3-5-12)16(18)13-10-15-8-6-11(13)7-9-15/h1-5,11,13H,6-10H2/q-1. The Bertz CT molecular complexity index is 427. The summed E-state index contributed by atoms with van der Waals surface area (Å²) in [7, 11) is 0. The van der Waals surface area contributed by atoms with E-state index in [-0.39, 0.29) is 6.04 Å². The molecule has 1 amide bonds. The number of hydrogen-bond donors (Lipinski definition) is 0. The van der Waals surface area contributed by atoms with Crippen molar-refractivity contribution in [3.05, 3.63) is 41.1 Å². The van der Waals surface area contributed by atoms with E-state index in [1.165, 1.54) is 0 Å². The third-order valence-electron chi connectivity index (χ3n) is 4.14. The molecule has 0 radical (unpaired) electrons. The first-order chi connectivity index (χ1) is 8.75. The summed E-state index contributed by atoms with van der Waals surface area (Å²) in [6, 6.07) is 8.68. The minimum absolute atomic E-state index is 0.153. The van der Waals surface area contributed by atoms with Gasteiger partial charge in [-0.05, 0) is 44.0 Å². The quantitative estimate of drug-likeness (QED) is 0.745. The zero-order chi connectivity index (χ0) is 12.5. The summed E-state index contributed by atoms with van der Waals surface area (Å²) >= 11 is 0. The van der Waals surface area contributed by atoms with Crippen molar-refractivity contribution in [2.75, 3.05) is 19.6 Å². The van der Waals surface area contributed by atoms with Gasteiger partial charge in [0, 0.05) is 18.2 Å². The van der Waals surface area contributed by atoms with Crippen LogP contribution >= 0.6 is 0 Å². The molecule has 3 aliphatic rings. The molecule has 2 bridgehead atoms. The van der Waals surface area contributed by atoms with E-state index in [4.69, 9.17) is 0 Å². The lowest BCUT2D eigenvalue weighted by Crippen LogP contribution is -2.57. The molecule has 3 saturated heterocycles. The van der Waals surface area contributed by atoms with Crippen molar-refractivity contribution in [2.45, 2.75) is 18.9 Å². The monoisotopic (exact) mass is 245 g/mol. The zero-order valence-corrected chi connectivity index (χ0v) is 10.3. The minimum Gasteiger partial charge on any atom is -0.756 e. The Morgan fingerprint density at radius 3 is 2.44 bits per heavy atom. The molecule has 96 valence electrons. The fraction of sp³-hybridized carbons (Fsp3) is 0.500. The summed E-state index contributed by atoms with van der Waals surface area (Å²) in [5.41, 5.74) is 0.490. The molecule has 3 heterocycles. The number of nitrogens with zero attached hydrogens (tertiary/aromatic N) is 2. The van der Waals surface area contributed by atoms with E-state index >= 15 is 0 Å². The summed E-state index contributed by atoms with van der Waals surface area (Å²) in [6.07, 6.45) is 2.09. The molecule has 3 fully saturated rings. The minimum atomic E-state index is -0.394. The van der Waals surface area contributed by atoms with E-state index in [0.717, 1.165) is 32.5 Å². The first-order valence-electron chi connectivity index (χ1n) is 6.54. The predicted molar refractivity (Wildman–Crippen MR) is 68.9 cm³/mol. The van der Waals surface area contributed by atoms with Crippen LogP contribution in [0.15, 0.2) is 30.3 Å². The van der Waals surface area contributed by atoms with Crippen LogP contribution < -0.4 is 0 Å². The summed E-state index contributed by atoms with van der Waals surface area (Å²) in [5, 5.41) is 12.9. The van der Waals surface area contributed by atoms with Crippen LogP contribution in [0.4, 0.5) is 0 Å². The van der Waals surface area contributed by atoms with Crippen molar-refractivity contribution in [2.24, 2.45) is 5.92 Å². The highest BCUT2D eigenvalue weighted by Gasteiger charge is 2.36. The first kappa shape index (κ1) is 11.7. The summed E-state index contributed by atoms with van der Waals surface area (Å²) in [5.74, 6) is -0.00508. The molecule has 3 aliphatic heterocycles. The second kappa shape index (κ2) is 4.71. The molecule has 4 heteroatoms. The van der Waals surface area contributed by atoms with Crippen molar-refractivity contribution in [1.29, 1.82) is 0 Å². The van der Waals surface area contributed by atoms with E-state index in [1.807, 2.05) is 6.07 Å². The highest BCUT2D eigenvalue weighted by atomic mass is 16.5. The number of carbonyl (C=O) groups is 1. The molecule has 1 aromatic carbocycles. The van der Waals surface area contributed by atoms with Crippen LogP contribution in [0.25, 0.3) is 0 Å². The van der Waals surface area contributed by atoms with Crippen LogP contribution in [0.2, 0.25) is 0 Å². The number of benzene rings is 1. The van der Waals surface area contributed by atoms with Crippen molar-refractivity contribution in [3.8, 4) is 0 Å². The number of amides is 1. The van der Waals surface area contributed by atoms with Gasteiger partial charge in [0.1, 0.15) is 0 Å². The molecule has 4 rings (SSSR count). The van der Waals surface area contributed by atoms with E-state index in [9.17, 15) is 10.0 Å². The van der Waals surface area contributed by atoms with Gasteiger partial charge in [0.25, 0.3) is 0 Å². The smallest absolute Gasteiger partial charge is 0.243 e. The lowest BCUT2D eigenvalue weighted by molar-refractivity contribution is 0.0230. The second-order valence-electron chi connectivity index (χ2n) is 5.20. The molecule has 0 N–H and O–H groups in total. The number of hydroxylamine groups is 2. The summed E-state index contributed by atoms with van der Waals surface area (Å²) < 4.78 is 0. The molecule has 0 aliphatic carbocycles. The van der Waals surface area contributed by atoms with Gasteiger partial charge in [-0.3, -0.25) is 4.79 Å². The third-order valence-corrected chi connectivity index (χ3v) is 4.14. The Balaban J connectivity index is 1.75. The third kappa shape index (κ3) is 2.02. The van der Waals surface area contributed by atoms with E-state index in [1.54, 1.807) is 24.3 Å². The Morgan fingerprint density at radius 1 is 1.22 bits per heavy atom. The fourth-order valence-corrected chi connectivity index (χ4v) is 3.06. The lowest BCUT2D eigenvalue weighted by Gasteiger charge is -2.51. The number of hydrogen-bond acceptors (Lipinski definition) is 3. The van der Waals surface area contributed by atoms with Gasteiger partial charge in [0.05, 0.1) is 0 Å². The number of fused-ring (bicyclic) bond motifs is 3. The molecule has 1 atom stereocenters. The van der Waals surface area contributed by atoms with Crippen molar-refractivity contribution in [1.82, 2.24) is 9.96 Å². The molecule has 0 aromatic heterocycles. The molecule has 1 unspecified atom stereocenters. The zero-order valence-electron chi connectivity index (χ0n) is 10.3. The second-order valence-corrected chi connectivity index (χ2v) is 5.20. The topological polar surface area (TPSA) is 46.6 Å². The summed E-state index contributed by atoms with van der Waals surface area (Å²) in [6.45, 7) is 2.90. The van der Waals surface area contributed by atoms with Crippen LogP contribution in [-0.2, 0) is 0 Å². The van der Waals surface area contributed by atoms with Crippen LogP contribution in [0.5, 0.6) is 0 Å². The van der Waals surface area contributed by atoms with Gasteiger partial charge in [-0.1, -0.05) is 18.2 Å². The molecule has 4 nitrogen and oxygen atoms in total. The highest BCUT2D eigenvalue weighted by Crippen LogP contribution is 2.31. The number of piperidine rings is 3. The van der Waals surface area contributed by atoms with Gasteiger partial charge in [-0.2, -0.15) is 0 Å². The Kier molecular flexibility index (Phi) is 3.06. The molecule has 0 saturated carbocycles. The number of rotatable bonds is 2. The highest BCUT2D eigenvalue weighted by molar-refractivity contribution is 5.94. The van der Waals surface area contributed by atoms with Gasteiger partial charge >= 0.3 is 0 Å². The Hall–Kier alpha value is -1.39. The van der Waals surface area contributed by atoms with Crippen molar-refractivity contribution >= 4 is 5.91 Å². The Labute approximate surface area is 107 Å². The first-order valence-corrected chi connectivity index (χ1v) is 6.54. The van der Waals surface area contributed by atoms with Gasteiger partial charge < -0.3 is 15.2 Å². The van der Waals surface area contributed by atoms with Crippen molar-refractivity contribution in [3.63, 3.8) is 0 Å². The van der Waals surface area contributed by atoms with Crippen LogP contribution in [0, 0.1) is 11.1 Å². The lowest BCUT2D eigenvalue weighted by atomic mass is 9.83. The molecular formula is C14H17N2O2-. The maximum Gasteiger partial charge on any atom is 0.243 e. The van der Waals surface area contributed by atoms with Crippen LogP contribution in [0.1, 0.15) is 23.2 Å². The van der Waals surface area contributed by atoms with Crippen molar-refractivity contribution < 1.29 is 4.79 Å². The summed E-state index contributed by atoms with van der Waals surface area (Å²) in [4.78, 5) is 14.4. The van der Waals surface area contributed by atoms with Crippen LogP contribution in [0.3, 0.4) is 0 Å². The molecule has 0 spiro atoms. The van der Waals surface area contributed by atoms with Gasteiger partial charge in [-0.15, -0.1) is 0 Å². The SMILES string of the molecule is O=C(c1ccccc1)N([O-])C1CN2CCC1CC2. The average molecular weight is 245 g/mol. The Morgan fingerprint density at radius 2 is 1.89 bits per heavy atom. The predicted octanol–water partition coefficient (Wildman–Crippen LogP) is 1.72. The number of carbonyl (C=O) groups excluding carboxylic acids is 1. The van der Waals surface area contributed by atoms with E-state index < -0.39 is 5.91 Å². The fourth-order valence-electron chi connectivity index (χ4n) is 3.06. The normalized spacial score (nSPS) is 30.2. The van der Waals surface area contributed by atoms with Crippen LogP contribution in [-0.4, -0.2) is 41.5 Å². The van der Waals surface area contributed by atoms with Gasteiger partial charge in [0.2, 0.25) is 5.91 Å². The maximum absolute atomic E-state index is 12.2.